The summed E-state index contributed by atoms with van der Waals surface area (Å²) in [5, 5.41) is 0. The highest BCUT2D eigenvalue weighted by Gasteiger charge is 2.09. The minimum absolute atomic E-state index is 1.09. The van der Waals surface area contributed by atoms with E-state index in [4.69, 9.17) is 0 Å². The van der Waals surface area contributed by atoms with Gasteiger partial charge in [-0.15, -0.1) is 0 Å². The normalized spacial score (nSPS) is 10.3. The zero-order chi connectivity index (χ0) is 24.1. The zero-order valence-electron chi connectivity index (χ0n) is 21.1. The summed E-state index contributed by atoms with van der Waals surface area (Å²) < 4.78 is 0. The van der Waals surface area contributed by atoms with E-state index in [1.54, 1.807) is 0 Å². The Morgan fingerprint density at radius 3 is 1.97 bits per heavy atom. The quantitative estimate of drug-likeness (QED) is 0.357. The fourth-order valence-electron chi connectivity index (χ4n) is 3.49. The SMILES string of the molecule is C=C(/C(=C\C)c1ccccc1)c1ccc(C)cc1C.C=C(C)c1cccc(CC)c1.CC. The van der Waals surface area contributed by atoms with Crippen LogP contribution in [0.4, 0.5) is 0 Å². The second-order valence-electron chi connectivity index (χ2n) is 7.70. The van der Waals surface area contributed by atoms with E-state index in [0.29, 0.717) is 0 Å². The van der Waals surface area contributed by atoms with Crippen LogP contribution in [-0.4, -0.2) is 0 Å². The summed E-state index contributed by atoms with van der Waals surface area (Å²) in [6.45, 7) is 22.7. The molecule has 0 radical (unpaired) electrons. The van der Waals surface area contributed by atoms with Crippen molar-refractivity contribution in [3.8, 4) is 0 Å². The van der Waals surface area contributed by atoms with Crippen molar-refractivity contribution in [1.29, 1.82) is 0 Å². The van der Waals surface area contributed by atoms with Gasteiger partial charge in [0.05, 0.1) is 0 Å². The molecule has 0 aliphatic carbocycles. The van der Waals surface area contributed by atoms with Gasteiger partial charge in [0.1, 0.15) is 0 Å². The Bertz CT molecular complexity index is 1030. The van der Waals surface area contributed by atoms with Gasteiger partial charge >= 0.3 is 0 Å². The van der Waals surface area contributed by atoms with Crippen molar-refractivity contribution in [2.45, 2.75) is 54.9 Å². The molecule has 0 aromatic heterocycles. The first-order valence-corrected chi connectivity index (χ1v) is 11.6. The van der Waals surface area contributed by atoms with Gasteiger partial charge in [-0.05, 0) is 73.1 Å². The molecule has 0 heterocycles. The van der Waals surface area contributed by atoms with Crippen LogP contribution in [0.25, 0.3) is 16.7 Å². The average molecular weight is 425 g/mol. The number of benzene rings is 3. The molecule has 0 saturated carbocycles. The van der Waals surface area contributed by atoms with Crippen molar-refractivity contribution in [2.24, 2.45) is 0 Å². The standard InChI is InChI=1S/C19H20.C11H14.C2H6/c1-5-18(17-9-7-6-8-10-17)16(4)19-12-11-14(2)13-15(19)3;1-4-10-6-5-7-11(8-10)9(2)3;1-2/h5-13H,4H2,1-3H3;5-8H,2,4H2,1,3H3;1-2H3/b18-5+;;. The molecule has 0 heteroatoms. The van der Waals surface area contributed by atoms with Crippen LogP contribution in [0.3, 0.4) is 0 Å². The van der Waals surface area contributed by atoms with E-state index in [9.17, 15) is 0 Å². The van der Waals surface area contributed by atoms with Crippen LogP contribution in [0.1, 0.15) is 68.0 Å². The van der Waals surface area contributed by atoms with Gasteiger partial charge in [-0.3, -0.25) is 0 Å². The van der Waals surface area contributed by atoms with E-state index >= 15 is 0 Å². The van der Waals surface area contributed by atoms with E-state index in [0.717, 1.165) is 17.6 Å². The molecular weight excluding hydrogens is 384 g/mol. The molecule has 0 N–H and O–H groups in total. The lowest BCUT2D eigenvalue weighted by Gasteiger charge is -2.14. The molecule has 3 aromatic carbocycles. The number of hydrogen-bond donors (Lipinski definition) is 0. The van der Waals surface area contributed by atoms with Gasteiger partial charge in [0, 0.05) is 0 Å². The first-order valence-electron chi connectivity index (χ1n) is 11.6. The van der Waals surface area contributed by atoms with Crippen molar-refractivity contribution in [3.63, 3.8) is 0 Å². The Labute approximate surface area is 197 Å². The van der Waals surface area contributed by atoms with Crippen LogP contribution in [0.5, 0.6) is 0 Å². The molecule has 0 aliphatic rings. The molecule has 0 atom stereocenters. The van der Waals surface area contributed by atoms with Gasteiger partial charge in [-0.1, -0.05) is 124 Å². The minimum atomic E-state index is 1.09. The lowest BCUT2D eigenvalue weighted by Crippen LogP contribution is -1.92. The highest BCUT2D eigenvalue weighted by molar-refractivity contribution is 6.04. The molecule has 0 aliphatic heterocycles. The third-order valence-electron chi connectivity index (χ3n) is 5.23. The van der Waals surface area contributed by atoms with Crippen molar-refractivity contribution in [3.05, 3.63) is 125 Å². The van der Waals surface area contributed by atoms with Crippen LogP contribution >= 0.6 is 0 Å². The molecule has 168 valence electrons. The number of allylic oxidation sites excluding steroid dienone is 4. The van der Waals surface area contributed by atoms with Crippen LogP contribution in [-0.2, 0) is 6.42 Å². The zero-order valence-corrected chi connectivity index (χ0v) is 21.1. The van der Waals surface area contributed by atoms with Gasteiger partial charge in [-0.25, -0.2) is 0 Å². The first kappa shape index (κ1) is 26.9. The molecule has 3 rings (SSSR count). The van der Waals surface area contributed by atoms with Crippen molar-refractivity contribution < 1.29 is 0 Å². The summed E-state index contributed by atoms with van der Waals surface area (Å²) in [5.74, 6) is 0. The van der Waals surface area contributed by atoms with E-state index in [2.05, 4.69) is 114 Å². The van der Waals surface area contributed by atoms with Crippen molar-refractivity contribution in [2.75, 3.05) is 0 Å². The Balaban J connectivity index is 0.000000335. The summed E-state index contributed by atoms with van der Waals surface area (Å²) in [5.41, 5.74) is 11.1. The molecule has 0 unspecified atom stereocenters. The third-order valence-corrected chi connectivity index (χ3v) is 5.23. The largest absolute Gasteiger partial charge is 0.0955 e. The maximum atomic E-state index is 4.29. The van der Waals surface area contributed by atoms with Gasteiger partial charge < -0.3 is 0 Å². The second-order valence-corrected chi connectivity index (χ2v) is 7.70. The molecule has 32 heavy (non-hydrogen) atoms. The Morgan fingerprint density at radius 1 is 0.812 bits per heavy atom. The minimum Gasteiger partial charge on any atom is -0.0955 e. The third kappa shape index (κ3) is 7.85. The van der Waals surface area contributed by atoms with Crippen molar-refractivity contribution in [1.82, 2.24) is 0 Å². The summed E-state index contributed by atoms with van der Waals surface area (Å²) in [7, 11) is 0. The summed E-state index contributed by atoms with van der Waals surface area (Å²) >= 11 is 0. The number of aryl methyl sites for hydroxylation is 3. The Kier molecular flexibility index (Phi) is 11.8. The molecule has 0 amide bonds. The van der Waals surface area contributed by atoms with Gasteiger partial charge in [-0.2, -0.15) is 0 Å². The summed E-state index contributed by atoms with van der Waals surface area (Å²) in [6, 6.07) is 25.5. The fraction of sp³-hybridized carbons (Fsp3) is 0.250. The highest BCUT2D eigenvalue weighted by atomic mass is 14.1. The molecule has 0 bridgehead atoms. The van der Waals surface area contributed by atoms with E-state index in [-0.39, 0.29) is 0 Å². The molecular formula is C32H40. The van der Waals surface area contributed by atoms with Crippen LogP contribution < -0.4 is 0 Å². The average Bonchev–Trinajstić information content (AvgIpc) is 2.82. The number of hydrogen-bond acceptors (Lipinski definition) is 0. The maximum absolute atomic E-state index is 4.29. The van der Waals surface area contributed by atoms with Crippen molar-refractivity contribution >= 4 is 16.7 Å². The monoisotopic (exact) mass is 424 g/mol. The van der Waals surface area contributed by atoms with Gasteiger partial charge in [0.25, 0.3) is 0 Å². The predicted molar refractivity (Wildman–Crippen MR) is 147 cm³/mol. The molecule has 0 saturated heterocycles. The lowest BCUT2D eigenvalue weighted by atomic mass is 9.90. The maximum Gasteiger partial charge on any atom is -0.0154 e. The molecule has 3 aromatic rings. The van der Waals surface area contributed by atoms with Crippen LogP contribution in [0, 0.1) is 13.8 Å². The molecule has 0 nitrogen and oxygen atoms in total. The van der Waals surface area contributed by atoms with Gasteiger partial charge in [0.2, 0.25) is 0 Å². The summed E-state index contributed by atoms with van der Waals surface area (Å²) in [4.78, 5) is 0. The topological polar surface area (TPSA) is 0 Å². The Hall–Kier alpha value is -3.12. The Morgan fingerprint density at radius 2 is 1.44 bits per heavy atom. The highest BCUT2D eigenvalue weighted by Crippen LogP contribution is 2.31. The van der Waals surface area contributed by atoms with Gasteiger partial charge in [0.15, 0.2) is 0 Å². The molecule has 0 spiro atoms. The van der Waals surface area contributed by atoms with Crippen LogP contribution in [0.15, 0.2) is 92.0 Å². The van der Waals surface area contributed by atoms with Crippen LogP contribution in [0.2, 0.25) is 0 Å². The number of rotatable bonds is 5. The predicted octanol–water partition coefficient (Wildman–Crippen LogP) is 9.73. The van der Waals surface area contributed by atoms with E-state index < -0.39 is 0 Å². The van der Waals surface area contributed by atoms with E-state index in [1.807, 2.05) is 26.8 Å². The fourth-order valence-corrected chi connectivity index (χ4v) is 3.49. The smallest absolute Gasteiger partial charge is 0.0154 e. The van der Waals surface area contributed by atoms with E-state index in [1.165, 1.54) is 39.0 Å². The molecule has 0 fully saturated rings. The first-order chi connectivity index (χ1) is 15.4. The summed E-state index contributed by atoms with van der Waals surface area (Å²) in [6.07, 6.45) is 3.23. The second kappa shape index (κ2) is 14.0. The lowest BCUT2D eigenvalue weighted by molar-refractivity contribution is 1.14.